The van der Waals surface area contributed by atoms with E-state index >= 15 is 0 Å². The molecule has 138 valence electrons. The third-order valence-corrected chi connectivity index (χ3v) is 4.96. The number of thiophene rings is 1. The summed E-state index contributed by atoms with van der Waals surface area (Å²) in [6, 6.07) is 9.94. The Kier molecular flexibility index (Phi) is 6.25. The molecule has 0 spiro atoms. The number of ether oxygens (including phenoxy) is 2. The van der Waals surface area contributed by atoms with Crippen LogP contribution < -0.4 is 15.1 Å². The number of carbonyl (C=O) groups is 1. The summed E-state index contributed by atoms with van der Waals surface area (Å²) in [5, 5.41) is 5.20. The van der Waals surface area contributed by atoms with Crippen molar-refractivity contribution in [2.75, 3.05) is 37.8 Å². The zero-order chi connectivity index (χ0) is 18.4. The third kappa shape index (κ3) is 5.31. The Labute approximate surface area is 157 Å². The van der Waals surface area contributed by atoms with E-state index in [0.717, 1.165) is 42.3 Å². The zero-order valence-corrected chi connectivity index (χ0v) is 15.8. The van der Waals surface area contributed by atoms with Gasteiger partial charge in [-0.1, -0.05) is 6.07 Å². The van der Waals surface area contributed by atoms with Gasteiger partial charge >= 0.3 is 0 Å². The van der Waals surface area contributed by atoms with E-state index in [-0.39, 0.29) is 12.5 Å². The van der Waals surface area contributed by atoms with Gasteiger partial charge in [0.2, 0.25) is 0 Å². The second-order valence-corrected chi connectivity index (χ2v) is 7.27. The molecule has 1 fully saturated rings. The maximum Gasteiger partial charge on any atom is 0.277 e. The molecule has 2 heterocycles. The molecule has 3 rings (SSSR count). The van der Waals surface area contributed by atoms with Crippen LogP contribution in [-0.2, 0) is 9.53 Å². The number of hydrazone groups is 1. The van der Waals surface area contributed by atoms with Crippen molar-refractivity contribution in [2.45, 2.75) is 13.8 Å². The average Bonchev–Trinajstić information content (AvgIpc) is 3.09. The Morgan fingerprint density at radius 2 is 2.00 bits per heavy atom. The molecule has 0 radical (unpaired) electrons. The summed E-state index contributed by atoms with van der Waals surface area (Å²) in [7, 11) is 0. The molecule has 6 nitrogen and oxygen atoms in total. The molecule has 1 aliphatic heterocycles. The minimum absolute atomic E-state index is 0.0658. The Morgan fingerprint density at radius 1 is 1.27 bits per heavy atom. The maximum atomic E-state index is 11.9. The number of hydrogen-bond donors (Lipinski definition) is 1. The van der Waals surface area contributed by atoms with E-state index in [1.165, 1.54) is 5.00 Å². The second kappa shape index (κ2) is 8.82. The van der Waals surface area contributed by atoms with Crippen LogP contribution in [0.1, 0.15) is 16.0 Å². The van der Waals surface area contributed by atoms with Crippen LogP contribution in [0.5, 0.6) is 5.75 Å². The molecule has 0 unspecified atom stereocenters. The van der Waals surface area contributed by atoms with Crippen molar-refractivity contribution in [3.8, 4) is 5.75 Å². The van der Waals surface area contributed by atoms with Gasteiger partial charge in [0.15, 0.2) is 6.61 Å². The molecule has 26 heavy (non-hydrogen) atoms. The van der Waals surface area contributed by atoms with Crippen molar-refractivity contribution in [3.05, 3.63) is 46.3 Å². The highest BCUT2D eigenvalue weighted by Crippen LogP contribution is 2.25. The van der Waals surface area contributed by atoms with Gasteiger partial charge in [-0.25, -0.2) is 5.43 Å². The molecule has 0 saturated carbocycles. The molecule has 1 aromatic carbocycles. The van der Waals surface area contributed by atoms with Gasteiger partial charge in [-0.15, -0.1) is 11.3 Å². The molecule has 1 amide bonds. The van der Waals surface area contributed by atoms with Gasteiger partial charge in [-0.2, -0.15) is 5.10 Å². The van der Waals surface area contributed by atoms with E-state index in [1.807, 2.05) is 32.0 Å². The van der Waals surface area contributed by atoms with Gasteiger partial charge in [0.1, 0.15) is 5.75 Å². The molecule has 7 heteroatoms. The lowest BCUT2D eigenvalue weighted by molar-refractivity contribution is -0.123. The first-order valence-electron chi connectivity index (χ1n) is 8.56. The fourth-order valence-corrected chi connectivity index (χ4v) is 3.66. The topological polar surface area (TPSA) is 63.2 Å². The summed E-state index contributed by atoms with van der Waals surface area (Å²) in [4.78, 5) is 15.1. The molecule has 0 bridgehead atoms. The highest BCUT2D eigenvalue weighted by atomic mass is 32.1. The molecular weight excluding hydrogens is 350 g/mol. The lowest BCUT2D eigenvalue weighted by Crippen LogP contribution is -2.35. The Balaban J connectivity index is 1.46. The highest BCUT2D eigenvalue weighted by molar-refractivity contribution is 7.17. The van der Waals surface area contributed by atoms with Crippen LogP contribution in [-0.4, -0.2) is 45.0 Å². The van der Waals surface area contributed by atoms with E-state index in [0.29, 0.717) is 5.75 Å². The van der Waals surface area contributed by atoms with Crippen molar-refractivity contribution < 1.29 is 14.3 Å². The predicted octanol–water partition coefficient (Wildman–Crippen LogP) is 2.73. The Hall–Kier alpha value is -2.38. The standard InChI is InChI=1S/C19H23N3O3S/c1-14-9-15(2)11-16(10-14)25-13-18(23)21-20-12-17-3-4-19(26-17)22-5-7-24-8-6-22/h3-4,9-12H,5-8,13H2,1-2H3,(H,21,23). The minimum Gasteiger partial charge on any atom is -0.484 e. The first kappa shape index (κ1) is 18.4. The van der Waals surface area contributed by atoms with E-state index in [1.54, 1.807) is 17.6 Å². The molecule has 1 saturated heterocycles. The maximum absolute atomic E-state index is 11.9. The average molecular weight is 373 g/mol. The third-order valence-electron chi connectivity index (χ3n) is 3.88. The fraction of sp³-hybridized carbons (Fsp3) is 0.368. The number of carbonyl (C=O) groups excluding carboxylic acids is 1. The van der Waals surface area contributed by atoms with E-state index in [4.69, 9.17) is 9.47 Å². The lowest BCUT2D eigenvalue weighted by Gasteiger charge is -2.27. The first-order valence-corrected chi connectivity index (χ1v) is 9.37. The van der Waals surface area contributed by atoms with Crippen LogP contribution in [0.15, 0.2) is 35.4 Å². The van der Waals surface area contributed by atoms with Crippen LogP contribution in [0.4, 0.5) is 5.00 Å². The monoisotopic (exact) mass is 373 g/mol. The largest absolute Gasteiger partial charge is 0.484 e. The normalized spacial score (nSPS) is 14.6. The predicted molar refractivity (Wildman–Crippen MR) is 104 cm³/mol. The first-order chi connectivity index (χ1) is 12.6. The van der Waals surface area contributed by atoms with Crippen molar-refractivity contribution in [2.24, 2.45) is 5.10 Å². The van der Waals surface area contributed by atoms with Crippen LogP contribution >= 0.6 is 11.3 Å². The number of morpholine rings is 1. The summed E-state index contributed by atoms with van der Waals surface area (Å²) in [5.41, 5.74) is 4.71. The van der Waals surface area contributed by atoms with Crippen molar-refractivity contribution >= 4 is 28.5 Å². The quantitative estimate of drug-likeness (QED) is 0.625. The Bertz CT molecular complexity index is 762. The molecule has 0 atom stereocenters. The number of anilines is 1. The van der Waals surface area contributed by atoms with Crippen LogP contribution in [0.3, 0.4) is 0 Å². The van der Waals surface area contributed by atoms with Crippen molar-refractivity contribution in [1.82, 2.24) is 5.43 Å². The summed E-state index contributed by atoms with van der Waals surface area (Å²) in [5.74, 6) is 0.403. The smallest absolute Gasteiger partial charge is 0.277 e. The van der Waals surface area contributed by atoms with Gasteiger partial charge in [0, 0.05) is 18.0 Å². The summed E-state index contributed by atoms with van der Waals surface area (Å²) in [6.45, 7) is 7.26. The molecular formula is C19H23N3O3S. The zero-order valence-electron chi connectivity index (χ0n) is 15.0. The van der Waals surface area contributed by atoms with Gasteiger partial charge in [-0.05, 0) is 49.2 Å². The number of rotatable bonds is 6. The van der Waals surface area contributed by atoms with E-state index in [2.05, 4.69) is 27.6 Å². The SMILES string of the molecule is Cc1cc(C)cc(OCC(=O)NN=Cc2ccc(N3CCOCC3)s2)c1. The minimum atomic E-state index is -0.287. The number of nitrogens with zero attached hydrogens (tertiary/aromatic N) is 2. The summed E-state index contributed by atoms with van der Waals surface area (Å²) < 4.78 is 10.9. The molecule has 1 N–H and O–H groups in total. The molecule has 2 aromatic rings. The highest BCUT2D eigenvalue weighted by Gasteiger charge is 2.12. The van der Waals surface area contributed by atoms with Crippen LogP contribution in [0, 0.1) is 13.8 Å². The van der Waals surface area contributed by atoms with E-state index in [9.17, 15) is 4.79 Å². The summed E-state index contributed by atoms with van der Waals surface area (Å²) >= 11 is 1.64. The summed E-state index contributed by atoms with van der Waals surface area (Å²) in [6.07, 6.45) is 1.66. The van der Waals surface area contributed by atoms with Crippen molar-refractivity contribution in [1.29, 1.82) is 0 Å². The fourth-order valence-electron chi connectivity index (χ4n) is 2.73. The number of benzene rings is 1. The van der Waals surface area contributed by atoms with Gasteiger partial charge in [-0.3, -0.25) is 4.79 Å². The number of hydrogen-bond acceptors (Lipinski definition) is 6. The van der Waals surface area contributed by atoms with E-state index < -0.39 is 0 Å². The molecule has 1 aromatic heterocycles. The Morgan fingerprint density at radius 3 is 2.73 bits per heavy atom. The van der Waals surface area contributed by atoms with Gasteiger partial charge < -0.3 is 14.4 Å². The second-order valence-electron chi connectivity index (χ2n) is 6.18. The van der Waals surface area contributed by atoms with Crippen LogP contribution in [0.2, 0.25) is 0 Å². The van der Waals surface area contributed by atoms with Crippen LogP contribution in [0.25, 0.3) is 0 Å². The lowest BCUT2D eigenvalue weighted by atomic mass is 10.1. The van der Waals surface area contributed by atoms with Gasteiger partial charge in [0.25, 0.3) is 5.91 Å². The van der Waals surface area contributed by atoms with Crippen molar-refractivity contribution in [3.63, 3.8) is 0 Å². The number of aryl methyl sites for hydroxylation is 2. The molecule has 1 aliphatic rings. The molecule has 0 aliphatic carbocycles. The number of nitrogens with one attached hydrogen (secondary N) is 1. The van der Waals surface area contributed by atoms with Gasteiger partial charge in [0.05, 0.1) is 24.4 Å². The number of amides is 1.